The highest BCUT2D eigenvalue weighted by atomic mass is 35.5. The molecule has 1 fully saturated rings. The molecule has 0 bridgehead atoms. The third kappa shape index (κ3) is 6.50. The molecular weight excluding hydrogens is 512 g/mol. The number of carbonyl (C=O) groups is 2. The van der Waals surface area contributed by atoms with Crippen LogP contribution in [0.3, 0.4) is 0 Å². The smallest absolute Gasteiger partial charge is 0.248 e. The number of benzene rings is 2. The van der Waals surface area contributed by atoms with Crippen LogP contribution >= 0.6 is 11.6 Å². The van der Waals surface area contributed by atoms with E-state index in [1.165, 1.54) is 12.3 Å². The molecule has 2 amide bonds. The molecule has 38 heavy (non-hydrogen) atoms. The van der Waals surface area contributed by atoms with Gasteiger partial charge in [-0.2, -0.15) is 4.98 Å². The van der Waals surface area contributed by atoms with E-state index < -0.39 is 6.61 Å². The van der Waals surface area contributed by atoms with Gasteiger partial charge < -0.3 is 35.0 Å². The Labute approximate surface area is 224 Å². The lowest BCUT2D eigenvalue weighted by Gasteiger charge is -2.36. The number of piperazine rings is 1. The first kappa shape index (κ1) is 26.7. The summed E-state index contributed by atoms with van der Waals surface area (Å²) in [4.78, 5) is 35.7. The van der Waals surface area contributed by atoms with Crippen molar-refractivity contribution in [3.63, 3.8) is 0 Å². The van der Waals surface area contributed by atoms with Crippen molar-refractivity contribution in [2.24, 2.45) is 0 Å². The van der Waals surface area contributed by atoms with Crippen LogP contribution in [0.5, 0.6) is 17.4 Å². The maximum absolute atomic E-state index is 11.7. The summed E-state index contributed by atoms with van der Waals surface area (Å²) in [6.45, 7) is 5.31. The van der Waals surface area contributed by atoms with Gasteiger partial charge in [0.25, 0.3) is 0 Å². The molecule has 3 aromatic rings. The van der Waals surface area contributed by atoms with Gasteiger partial charge in [0, 0.05) is 49.7 Å². The molecule has 11 nitrogen and oxygen atoms in total. The van der Waals surface area contributed by atoms with Crippen molar-refractivity contribution in [1.82, 2.24) is 14.9 Å². The van der Waals surface area contributed by atoms with Gasteiger partial charge in [-0.05, 0) is 30.3 Å². The van der Waals surface area contributed by atoms with Crippen LogP contribution in [-0.2, 0) is 9.59 Å². The molecule has 0 spiro atoms. The lowest BCUT2D eigenvalue weighted by molar-refractivity contribution is -0.134. The summed E-state index contributed by atoms with van der Waals surface area (Å²) >= 11 is 6.27. The predicted octanol–water partition coefficient (Wildman–Crippen LogP) is 3.44. The second-order valence-electron chi connectivity index (χ2n) is 8.21. The molecule has 0 aliphatic carbocycles. The number of amides is 2. The topological polar surface area (TPSA) is 129 Å². The summed E-state index contributed by atoms with van der Waals surface area (Å²) in [6, 6.07) is 12.5. The largest absolute Gasteiger partial charge is 0.494 e. The summed E-state index contributed by atoms with van der Waals surface area (Å²) in [7, 11) is 1.57. The fourth-order valence-corrected chi connectivity index (χ4v) is 3.97. The molecule has 1 aromatic heterocycles. The Morgan fingerprint density at radius 1 is 1.18 bits per heavy atom. The standard InChI is InChI=1S/C26H27ClN6O5/c1-3-23(35)29-17-5-4-6-19(13-17)38-25-20(27)15-28-26(31-25)30-21-8-7-18(14-22(21)37-2)32-9-11-33(12-10-32)24(36)16-34/h3-8,13-15,34H,1,9-12,16H2,2H3,(H,29,35)(H,28,30,31). The molecule has 1 aliphatic rings. The molecule has 2 aromatic carbocycles. The van der Waals surface area contributed by atoms with Crippen LogP contribution in [-0.4, -0.2) is 71.7 Å². The molecule has 0 radical (unpaired) electrons. The molecule has 12 heteroatoms. The van der Waals surface area contributed by atoms with Gasteiger partial charge in [-0.1, -0.05) is 24.2 Å². The van der Waals surface area contributed by atoms with E-state index in [1.54, 1.807) is 36.3 Å². The summed E-state index contributed by atoms with van der Waals surface area (Å²) in [5, 5.41) is 15.1. The molecule has 4 rings (SSSR count). The molecular formula is C26H27ClN6O5. The SMILES string of the molecule is C=CC(=O)Nc1cccc(Oc2nc(Nc3ccc(N4CCN(C(=O)CO)CC4)cc3OC)ncc2Cl)c1. The highest BCUT2D eigenvalue weighted by molar-refractivity contribution is 6.31. The van der Waals surface area contributed by atoms with E-state index in [4.69, 9.17) is 26.2 Å². The van der Waals surface area contributed by atoms with Crippen molar-refractivity contribution in [2.75, 3.05) is 55.4 Å². The number of hydrogen-bond donors (Lipinski definition) is 3. The van der Waals surface area contributed by atoms with Crippen molar-refractivity contribution in [1.29, 1.82) is 0 Å². The first-order valence-electron chi connectivity index (χ1n) is 11.7. The third-order valence-corrected chi connectivity index (χ3v) is 6.04. The minimum Gasteiger partial charge on any atom is -0.494 e. The van der Waals surface area contributed by atoms with Gasteiger partial charge in [0.2, 0.25) is 23.6 Å². The minimum absolute atomic E-state index is 0.127. The quantitative estimate of drug-likeness (QED) is 0.351. The van der Waals surface area contributed by atoms with E-state index in [-0.39, 0.29) is 28.7 Å². The number of ether oxygens (including phenoxy) is 2. The normalized spacial score (nSPS) is 13.0. The number of anilines is 4. The second-order valence-corrected chi connectivity index (χ2v) is 8.61. The van der Waals surface area contributed by atoms with Gasteiger partial charge >= 0.3 is 0 Å². The van der Waals surface area contributed by atoms with Crippen molar-refractivity contribution in [3.8, 4) is 17.4 Å². The van der Waals surface area contributed by atoms with Crippen LogP contribution in [0.2, 0.25) is 5.02 Å². The molecule has 0 unspecified atom stereocenters. The lowest BCUT2D eigenvalue weighted by atomic mass is 10.2. The Morgan fingerprint density at radius 3 is 2.68 bits per heavy atom. The van der Waals surface area contributed by atoms with Crippen LogP contribution in [0.4, 0.5) is 23.0 Å². The Morgan fingerprint density at radius 2 is 1.97 bits per heavy atom. The number of carbonyl (C=O) groups excluding carboxylic acids is 2. The fourth-order valence-electron chi connectivity index (χ4n) is 3.84. The van der Waals surface area contributed by atoms with Crippen LogP contribution in [0, 0.1) is 0 Å². The Hall–Kier alpha value is -4.35. The monoisotopic (exact) mass is 538 g/mol. The number of nitrogens with zero attached hydrogens (tertiary/aromatic N) is 4. The van der Waals surface area contributed by atoms with E-state index in [0.717, 1.165) is 5.69 Å². The number of halogens is 1. The van der Waals surface area contributed by atoms with Crippen molar-refractivity contribution in [2.45, 2.75) is 0 Å². The van der Waals surface area contributed by atoms with Gasteiger partial charge in [0.15, 0.2) is 0 Å². The highest BCUT2D eigenvalue weighted by Gasteiger charge is 2.21. The molecule has 198 valence electrons. The molecule has 1 saturated heterocycles. The molecule has 0 saturated carbocycles. The van der Waals surface area contributed by atoms with Crippen molar-refractivity contribution >= 4 is 46.4 Å². The van der Waals surface area contributed by atoms with Crippen LogP contribution < -0.4 is 25.0 Å². The third-order valence-electron chi connectivity index (χ3n) is 5.78. The highest BCUT2D eigenvalue weighted by Crippen LogP contribution is 2.34. The van der Waals surface area contributed by atoms with Gasteiger partial charge in [-0.3, -0.25) is 9.59 Å². The van der Waals surface area contributed by atoms with Crippen LogP contribution in [0.25, 0.3) is 0 Å². The summed E-state index contributed by atoms with van der Waals surface area (Å²) in [5.41, 5.74) is 2.10. The molecule has 0 atom stereocenters. The number of aromatic nitrogens is 2. The predicted molar refractivity (Wildman–Crippen MR) is 145 cm³/mol. The van der Waals surface area contributed by atoms with E-state index in [2.05, 4.69) is 32.1 Å². The van der Waals surface area contributed by atoms with E-state index in [9.17, 15) is 9.59 Å². The number of methoxy groups -OCH3 is 1. The van der Waals surface area contributed by atoms with Gasteiger partial charge in [-0.15, -0.1) is 0 Å². The molecule has 2 heterocycles. The minimum atomic E-state index is -0.478. The average molecular weight is 539 g/mol. The number of nitrogens with one attached hydrogen (secondary N) is 2. The first-order chi connectivity index (χ1) is 18.4. The summed E-state index contributed by atoms with van der Waals surface area (Å²) < 4.78 is 11.4. The van der Waals surface area contributed by atoms with E-state index >= 15 is 0 Å². The van der Waals surface area contributed by atoms with Gasteiger partial charge in [0.05, 0.1) is 19.0 Å². The molecule has 1 aliphatic heterocycles. The Bertz CT molecular complexity index is 1330. The van der Waals surface area contributed by atoms with Crippen LogP contribution in [0.1, 0.15) is 0 Å². The lowest BCUT2D eigenvalue weighted by Crippen LogP contribution is -2.49. The zero-order chi connectivity index (χ0) is 27.1. The maximum atomic E-state index is 11.7. The van der Waals surface area contributed by atoms with E-state index in [0.29, 0.717) is 49.1 Å². The first-order valence-corrected chi connectivity index (χ1v) is 12.1. The molecule has 3 N–H and O–H groups in total. The summed E-state index contributed by atoms with van der Waals surface area (Å²) in [6.07, 6.45) is 2.60. The van der Waals surface area contributed by atoms with Gasteiger partial charge in [-0.25, -0.2) is 4.98 Å². The van der Waals surface area contributed by atoms with E-state index in [1.807, 2.05) is 18.2 Å². The zero-order valence-corrected chi connectivity index (χ0v) is 21.4. The van der Waals surface area contributed by atoms with Crippen molar-refractivity contribution in [3.05, 3.63) is 66.3 Å². The Kier molecular flexibility index (Phi) is 8.62. The Balaban J connectivity index is 1.47. The average Bonchev–Trinajstić information content (AvgIpc) is 2.94. The maximum Gasteiger partial charge on any atom is 0.248 e. The number of hydrogen-bond acceptors (Lipinski definition) is 9. The summed E-state index contributed by atoms with van der Waals surface area (Å²) in [5.74, 6) is 0.752. The fraction of sp³-hybridized carbons (Fsp3) is 0.231. The second kappa shape index (κ2) is 12.3. The van der Waals surface area contributed by atoms with Gasteiger partial charge in [0.1, 0.15) is 23.1 Å². The number of aliphatic hydroxyl groups is 1. The number of rotatable bonds is 9. The number of aliphatic hydroxyl groups excluding tert-OH is 1. The zero-order valence-electron chi connectivity index (χ0n) is 20.7. The van der Waals surface area contributed by atoms with Crippen molar-refractivity contribution < 1.29 is 24.2 Å². The van der Waals surface area contributed by atoms with Crippen LogP contribution in [0.15, 0.2) is 61.3 Å².